The molecule has 0 aliphatic rings. The third-order valence-electron chi connectivity index (χ3n) is 6.79. The van der Waals surface area contributed by atoms with Crippen LogP contribution in [0.4, 0.5) is 0 Å². The number of hydrogen-bond donors (Lipinski definition) is 0. The normalized spacial score (nSPS) is 11.8. The summed E-state index contributed by atoms with van der Waals surface area (Å²) in [5.41, 5.74) is 0.394. The van der Waals surface area contributed by atoms with Gasteiger partial charge in [-0.1, -0.05) is 36.4 Å². The van der Waals surface area contributed by atoms with Crippen LogP contribution in [0.15, 0.2) is 99.5 Å². The Bertz CT molecular complexity index is 2110. The monoisotopic (exact) mass is 562 g/mol. The molecule has 0 atom stereocenters. The van der Waals surface area contributed by atoms with Crippen molar-refractivity contribution >= 4 is 39.3 Å². The summed E-state index contributed by atoms with van der Waals surface area (Å²) < 4.78 is 19.7. The molecule has 0 aliphatic carbocycles. The number of fused-ring (bicyclic) bond motifs is 3. The van der Waals surface area contributed by atoms with E-state index in [1.54, 1.807) is 49.5 Å². The van der Waals surface area contributed by atoms with Gasteiger partial charge in [-0.3, -0.25) is 14.0 Å². The molecule has 6 aromatic rings. The van der Waals surface area contributed by atoms with Gasteiger partial charge in [0.2, 0.25) is 0 Å². The van der Waals surface area contributed by atoms with Crippen molar-refractivity contribution in [1.29, 1.82) is 0 Å². The predicted molar refractivity (Wildman–Crippen MR) is 156 cm³/mol. The summed E-state index contributed by atoms with van der Waals surface area (Å²) in [4.78, 5) is 50.3. The van der Waals surface area contributed by atoms with E-state index >= 15 is 0 Å². The molecule has 10 nitrogen and oxygen atoms in total. The quantitative estimate of drug-likeness (QED) is 0.203. The molecule has 0 saturated carbocycles. The Labute approximate surface area is 239 Å². The van der Waals surface area contributed by atoms with Crippen molar-refractivity contribution in [2.75, 3.05) is 13.2 Å². The maximum absolute atomic E-state index is 14.1. The Hall–Kier alpha value is -5.51. The summed E-state index contributed by atoms with van der Waals surface area (Å²) in [6, 6.07) is 21.0. The van der Waals surface area contributed by atoms with Gasteiger partial charge in [0.05, 0.1) is 37.0 Å². The Balaban J connectivity index is 1.72. The first-order valence-electron chi connectivity index (χ1n) is 13.5. The highest BCUT2D eigenvalue weighted by Gasteiger charge is 2.23. The van der Waals surface area contributed by atoms with Crippen molar-refractivity contribution in [2.45, 2.75) is 20.4 Å². The van der Waals surface area contributed by atoms with Gasteiger partial charge in [0.25, 0.3) is 11.5 Å². The fourth-order valence-corrected chi connectivity index (χ4v) is 4.97. The number of aromatic nitrogens is 3. The maximum Gasteiger partial charge on any atom is 0.341 e. The lowest BCUT2D eigenvalue weighted by Crippen LogP contribution is -2.33. The summed E-state index contributed by atoms with van der Waals surface area (Å²) in [5.74, 6) is -0.504. The lowest BCUT2D eigenvalue weighted by atomic mass is 10.0. The minimum absolute atomic E-state index is 0.0232. The van der Waals surface area contributed by atoms with Crippen LogP contribution in [0.25, 0.3) is 27.5 Å². The Morgan fingerprint density at radius 1 is 0.952 bits per heavy atom. The molecule has 0 unspecified atom stereocenters. The first kappa shape index (κ1) is 26.7. The number of carbonyl (C=O) groups is 2. The average molecular weight is 563 g/mol. The van der Waals surface area contributed by atoms with Crippen LogP contribution in [-0.2, 0) is 11.3 Å². The molecule has 0 fully saturated rings. The zero-order valence-electron chi connectivity index (χ0n) is 22.9. The lowest BCUT2D eigenvalue weighted by Gasteiger charge is -2.15. The zero-order chi connectivity index (χ0) is 29.2. The van der Waals surface area contributed by atoms with Gasteiger partial charge in [0.1, 0.15) is 28.4 Å². The third kappa shape index (κ3) is 4.72. The molecular weight excluding hydrogens is 536 g/mol. The second kappa shape index (κ2) is 11.2. The molecule has 0 radical (unpaired) electrons. The summed E-state index contributed by atoms with van der Waals surface area (Å²) >= 11 is 0. The molecule has 0 saturated heterocycles. The van der Waals surface area contributed by atoms with Gasteiger partial charge < -0.3 is 18.5 Å². The molecular formula is C32H26N4O6. The van der Waals surface area contributed by atoms with Crippen LogP contribution in [0.5, 0.6) is 5.75 Å². The van der Waals surface area contributed by atoms with E-state index in [2.05, 4.69) is 4.99 Å². The fourth-order valence-electron chi connectivity index (χ4n) is 4.97. The molecule has 0 N–H and O–H groups in total. The van der Waals surface area contributed by atoms with E-state index in [0.29, 0.717) is 29.2 Å². The second-order valence-corrected chi connectivity index (χ2v) is 9.36. The number of rotatable bonds is 7. The number of pyridine rings is 2. The molecule has 1 amide bonds. The second-order valence-electron chi connectivity index (χ2n) is 9.36. The highest BCUT2D eigenvalue weighted by molar-refractivity contribution is 6.10. The van der Waals surface area contributed by atoms with Gasteiger partial charge in [-0.25, -0.2) is 9.78 Å². The van der Waals surface area contributed by atoms with E-state index in [4.69, 9.17) is 18.9 Å². The van der Waals surface area contributed by atoms with Crippen molar-refractivity contribution in [2.24, 2.45) is 4.99 Å². The molecule has 0 aliphatic heterocycles. The third-order valence-corrected chi connectivity index (χ3v) is 6.79. The average Bonchev–Trinajstić information content (AvgIpc) is 3.52. The zero-order valence-corrected chi connectivity index (χ0v) is 22.9. The Kier molecular flexibility index (Phi) is 7.10. The number of hydrogen-bond acceptors (Lipinski definition) is 7. The van der Waals surface area contributed by atoms with Crippen LogP contribution in [0.1, 0.15) is 40.3 Å². The Morgan fingerprint density at radius 2 is 1.79 bits per heavy atom. The number of nitrogens with zero attached hydrogens (tertiary/aromatic N) is 4. The van der Waals surface area contributed by atoms with Crippen LogP contribution >= 0.6 is 0 Å². The van der Waals surface area contributed by atoms with Gasteiger partial charge in [-0.15, -0.1) is 0 Å². The smallest absolute Gasteiger partial charge is 0.341 e. The van der Waals surface area contributed by atoms with E-state index in [1.165, 1.54) is 21.3 Å². The summed E-state index contributed by atoms with van der Waals surface area (Å²) in [7, 11) is 0. The van der Waals surface area contributed by atoms with Crippen LogP contribution in [0.2, 0.25) is 0 Å². The van der Waals surface area contributed by atoms with Crippen molar-refractivity contribution in [3.05, 3.63) is 118 Å². The summed E-state index contributed by atoms with van der Waals surface area (Å²) in [5, 5.41) is 1.63. The summed E-state index contributed by atoms with van der Waals surface area (Å²) in [6.45, 7) is 3.95. The maximum atomic E-state index is 14.1. The van der Waals surface area contributed by atoms with Gasteiger partial charge in [-0.2, -0.15) is 4.99 Å². The van der Waals surface area contributed by atoms with Crippen molar-refractivity contribution in [1.82, 2.24) is 14.0 Å². The van der Waals surface area contributed by atoms with Crippen LogP contribution in [-0.4, -0.2) is 39.0 Å². The minimum Gasteiger partial charge on any atom is -0.493 e. The molecule has 2 aromatic carbocycles. The molecule has 4 aromatic heterocycles. The van der Waals surface area contributed by atoms with Crippen molar-refractivity contribution in [3.8, 4) is 5.75 Å². The van der Waals surface area contributed by atoms with Gasteiger partial charge in [0.15, 0.2) is 5.49 Å². The fraction of sp³-hybridized carbons (Fsp3) is 0.156. The highest BCUT2D eigenvalue weighted by atomic mass is 16.5. The number of ether oxygens (including phenoxy) is 2. The summed E-state index contributed by atoms with van der Waals surface area (Å²) in [6.07, 6.45) is 3.11. The standard InChI is InChI=1S/C32H26N4O6/c1-3-40-25-15-14-20-10-5-6-12-22(20)27(25)30(37)34-29-24(32(39)41-4-2)18-23-28(36(29)19-21-11-9-17-42-21)33-26-13-7-8-16-35(26)31(23)38/h5-18H,3-4,19H2,1-2H3. The topological polar surface area (TPSA) is 117 Å². The first-order valence-corrected chi connectivity index (χ1v) is 13.5. The van der Waals surface area contributed by atoms with E-state index < -0.39 is 11.9 Å². The van der Waals surface area contributed by atoms with Crippen molar-refractivity contribution in [3.63, 3.8) is 0 Å². The number of benzene rings is 2. The first-order chi connectivity index (χ1) is 20.5. The lowest BCUT2D eigenvalue weighted by molar-refractivity contribution is 0.0523. The van der Waals surface area contributed by atoms with Gasteiger partial charge in [-0.05, 0) is 61.0 Å². The highest BCUT2D eigenvalue weighted by Crippen LogP contribution is 2.29. The largest absolute Gasteiger partial charge is 0.493 e. The van der Waals surface area contributed by atoms with Crippen LogP contribution in [0.3, 0.4) is 0 Å². The van der Waals surface area contributed by atoms with Crippen LogP contribution < -0.4 is 15.8 Å². The van der Waals surface area contributed by atoms with E-state index in [9.17, 15) is 14.4 Å². The molecule has 6 rings (SSSR count). The SMILES string of the molecule is CCOC(=O)c1cc2c(=O)n3ccccc3nc2n(Cc2ccco2)c1=NC(=O)c1c(OCC)ccc2ccccc12. The number of esters is 1. The number of carbonyl (C=O) groups excluding carboxylic acids is 2. The number of amides is 1. The van der Waals surface area contributed by atoms with E-state index in [0.717, 1.165) is 5.39 Å². The molecule has 4 heterocycles. The molecule has 210 valence electrons. The van der Waals surface area contributed by atoms with Gasteiger partial charge >= 0.3 is 5.97 Å². The van der Waals surface area contributed by atoms with Crippen molar-refractivity contribution < 1.29 is 23.5 Å². The number of furan rings is 1. The van der Waals surface area contributed by atoms with Gasteiger partial charge in [0, 0.05) is 6.20 Å². The predicted octanol–water partition coefficient (Wildman–Crippen LogP) is 4.76. The minimum atomic E-state index is -0.736. The molecule has 42 heavy (non-hydrogen) atoms. The van der Waals surface area contributed by atoms with Crippen LogP contribution in [0, 0.1) is 0 Å². The Morgan fingerprint density at radius 3 is 2.57 bits per heavy atom. The molecule has 0 spiro atoms. The molecule has 10 heteroatoms. The molecule has 0 bridgehead atoms. The van der Waals surface area contributed by atoms with E-state index in [1.807, 2.05) is 37.3 Å². The van der Waals surface area contributed by atoms with E-state index in [-0.39, 0.29) is 46.4 Å².